The Morgan fingerprint density at radius 1 is 1.07 bits per heavy atom. The molecule has 0 N–H and O–H groups in total. The zero-order valence-electron chi connectivity index (χ0n) is 10.4. The van der Waals surface area contributed by atoms with E-state index in [2.05, 4.69) is 6.92 Å². The van der Waals surface area contributed by atoms with Crippen molar-refractivity contribution < 1.29 is 4.79 Å². The minimum absolute atomic E-state index is 0.414. The van der Waals surface area contributed by atoms with Crippen LogP contribution >= 0.6 is 0 Å². The van der Waals surface area contributed by atoms with Gasteiger partial charge in [-0.15, -0.1) is 0 Å². The van der Waals surface area contributed by atoms with Crippen molar-refractivity contribution in [1.29, 1.82) is 0 Å². The van der Waals surface area contributed by atoms with E-state index >= 15 is 0 Å². The Balaban J connectivity index is 2.15. The molecule has 1 fully saturated rings. The molecule has 0 spiro atoms. The summed E-state index contributed by atoms with van der Waals surface area (Å²) in [6, 6.07) is 0. The molecule has 1 saturated carbocycles. The number of carbonyl (C=O) groups is 1. The van der Waals surface area contributed by atoms with Gasteiger partial charge in [0.15, 0.2) is 0 Å². The van der Waals surface area contributed by atoms with Crippen molar-refractivity contribution in [2.45, 2.75) is 71.6 Å². The molecule has 0 aromatic rings. The van der Waals surface area contributed by atoms with Crippen molar-refractivity contribution >= 4 is 5.78 Å². The number of carbonyl (C=O) groups excluding carboxylic acids is 1. The van der Waals surface area contributed by atoms with Gasteiger partial charge in [-0.25, -0.2) is 0 Å². The summed E-state index contributed by atoms with van der Waals surface area (Å²) < 4.78 is 0. The van der Waals surface area contributed by atoms with E-state index in [4.69, 9.17) is 0 Å². The highest BCUT2D eigenvalue weighted by atomic mass is 16.1. The van der Waals surface area contributed by atoms with E-state index in [0.29, 0.717) is 11.7 Å². The van der Waals surface area contributed by atoms with Gasteiger partial charge in [0.1, 0.15) is 5.78 Å². The number of Topliss-reactive ketones (excluding diaryl/α,β-unsaturated/α-hetero) is 1. The second-order valence-corrected chi connectivity index (χ2v) is 5.03. The third kappa shape index (κ3) is 4.36. The Morgan fingerprint density at radius 3 is 2.27 bits per heavy atom. The lowest BCUT2D eigenvalue weighted by molar-refractivity contribution is -0.123. The summed E-state index contributed by atoms with van der Waals surface area (Å²) in [5, 5.41) is 0. The fourth-order valence-corrected chi connectivity index (χ4v) is 2.74. The number of ketones is 1. The summed E-state index contributed by atoms with van der Waals surface area (Å²) in [6.45, 7) is 4.26. The van der Waals surface area contributed by atoms with E-state index in [9.17, 15) is 4.79 Å². The van der Waals surface area contributed by atoms with Crippen molar-refractivity contribution in [3.63, 3.8) is 0 Å². The first-order valence-corrected chi connectivity index (χ1v) is 6.80. The SMILES string of the molecule is CCCCCC1CCC(C(=O)CC)CC1. The largest absolute Gasteiger partial charge is 0.299 e. The molecule has 1 nitrogen and oxygen atoms in total. The Morgan fingerprint density at radius 2 is 1.73 bits per heavy atom. The van der Waals surface area contributed by atoms with Crippen LogP contribution in [0.3, 0.4) is 0 Å². The average Bonchev–Trinajstić information content (AvgIpc) is 2.29. The second kappa shape index (κ2) is 7.03. The van der Waals surface area contributed by atoms with Crippen LogP contribution in [0.2, 0.25) is 0 Å². The minimum Gasteiger partial charge on any atom is -0.299 e. The maximum absolute atomic E-state index is 11.5. The van der Waals surface area contributed by atoms with Crippen LogP contribution in [0.15, 0.2) is 0 Å². The quantitative estimate of drug-likeness (QED) is 0.596. The van der Waals surface area contributed by atoms with Gasteiger partial charge in [-0.3, -0.25) is 4.79 Å². The van der Waals surface area contributed by atoms with E-state index in [1.165, 1.54) is 51.4 Å². The molecular formula is C14H26O. The van der Waals surface area contributed by atoms with Crippen LogP contribution in [0.4, 0.5) is 0 Å². The normalized spacial score (nSPS) is 26.5. The van der Waals surface area contributed by atoms with Gasteiger partial charge in [0.05, 0.1) is 0 Å². The Bertz CT molecular complexity index is 178. The van der Waals surface area contributed by atoms with E-state index in [0.717, 1.165) is 12.3 Å². The molecule has 0 radical (unpaired) electrons. The molecule has 0 aromatic heterocycles. The lowest BCUT2D eigenvalue weighted by Gasteiger charge is -2.27. The summed E-state index contributed by atoms with van der Waals surface area (Å²) in [6.07, 6.45) is 11.2. The van der Waals surface area contributed by atoms with Crippen LogP contribution < -0.4 is 0 Å². The van der Waals surface area contributed by atoms with Crippen LogP contribution in [0.1, 0.15) is 71.6 Å². The molecule has 0 amide bonds. The molecular weight excluding hydrogens is 184 g/mol. The van der Waals surface area contributed by atoms with Crippen molar-refractivity contribution in [2.75, 3.05) is 0 Å². The maximum Gasteiger partial charge on any atom is 0.135 e. The van der Waals surface area contributed by atoms with E-state index < -0.39 is 0 Å². The van der Waals surface area contributed by atoms with Crippen molar-refractivity contribution in [3.8, 4) is 0 Å². The predicted octanol–water partition coefficient (Wildman–Crippen LogP) is 4.35. The summed E-state index contributed by atoms with van der Waals surface area (Å²) in [4.78, 5) is 11.5. The third-order valence-electron chi connectivity index (χ3n) is 3.87. The number of rotatable bonds is 6. The van der Waals surface area contributed by atoms with Gasteiger partial charge in [-0.05, 0) is 31.6 Å². The molecule has 0 bridgehead atoms. The first kappa shape index (κ1) is 12.7. The van der Waals surface area contributed by atoms with Crippen LogP contribution in [0, 0.1) is 11.8 Å². The molecule has 0 unspecified atom stereocenters. The zero-order chi connectivity index (χ0) is 11.1. The van der Waals surface area contributed by atoms with Crippen LogP contribution in [0.25, 0.3) is 0 Å². The topological polar surface area (TPSA) is 17.1 Å². The predicted molar refractivity (Wildman–Crippen MR) is 64.9 cm³/mol. The number of unbranched alkanes of at least 4 members (excludes halogenated alkanes) is 2. The standard InChI is InChI=1S/C14H26O/c1-3-5-6-7-12-8-10-13(11-9-12)14(15)4-2/h12-13H,3-11H2,1-2H3. The van der Waals surface area contributed by atoms with Crippen LogP contribution in [-0.4, -0.2) is 5.78 Å². The molecule has 1 heteroatoms. The second-order valence-electron chi connectivity index (χ2n) is 5.03. The summed E-state index contributed by atoms with van der Waals surface area (Å²) in [7, 11) is 0. The maximum atomic E-state index is 11.5. The smallest absolute Gasteiger partial charge is 0.135 e. The Labute approximate surface area is 94.6 Å². The van der Waals surface area contributed by atoms with Gasteiger partial charge in [-0.1, -0.05) is 39.5 Å². The fourth-order valence-electron chi connectivity index (χ4n) is 2.74. The molecule has 0 heterocycles. The highest BCUT2D eigenvalue weighted by Crippen LogP contribution is 2.32. The van der Waals surface area contributed by atoms with Crippen molar-refractivity contribution in [2.24, 2.45) is 11.8 Å². The van der Waals surface area contributed by atoms with E-state index in [1.807, 2.05) is 6.92 Å². The fraction of sp³-hybridized carbons (Fsp3) is 0.929. The van der Waals surface area contributed by atoms with Gasteiger partial charge in [0.2, 0.25) is 0 Å². The lowest BCUT2D eigenvalue weighted by atomic mass is 9.78. The molecule has 1 aliphatic carbocycles. The van der Waals surface area contributed by atoms with Crippen molar-refractivity contribution in [3.05, 3.63) is 0 Å². The van der Waals surface area contributed by atoms with Gasteiger partial charge in [-0.2, -0.15) is 0 Å². The van der Waals surface area contributed by atoms with Crippen LogP contribution in [0.5, 0.6) is 0 Å². The first-order valence-electron chi connectivity index (χ1n) is 6.80. The summed E-state index contributed by atoms with van der Waals surface area (Å²) in [5.74, 6) is 1.84. The van der Waals surface area contributed by atoms with Gasteiger partial charge in [0, 0.05) is 12.3 Å². The van der Waals surface area contributed by atoms with E-state index in [1.54, 1.807) is 0 Å². The molecule has 88 valence electrons. The molecule has 1 rings (SSSR count). The zero-order valence-corrected chi connectivity index (χ0v) is 10.4. The minimum atomic E-state index is 0.414. The number of hydrogen-bond acceptors (Lipinski definition) is 1. The van der Waals surface area contributed by atoms with Gasteiger partial charge in [0.25, 0.3) is 0 Å². The molecule has 15 heavy (non-hydrogen) atoms. The third-order valence-corrected chi connectivity index (χ3v) is 3.87. The monoisotopic (exact) mass is 210 g/mol. The Kier molecular flexibility index (Phi) is 5.97. The molecule has 0 aliphatic heterocycles. The average molecular weight is 210 g/mol. The summed E-state index contributed by atoms with van der Waals surface area (Å²) >= 11 is 0. The molecule has 0 aromatic carbocycles. The lowest BCUT2D eigenvalue weighted by Crippen LogP contribution is -2.21. The highest BCUT2D eigenvalue weighted by Gasteiger charge is 2.24. The summed E-state index contributed by atoms with van der Waals surface area (Å²) in [5.41, 5.74) is 0. The highest BCUT2D eigenvalue weighted by molar-refractivity contribution is 5.80. The van der Waals surface area contributed by atoms with Gasteiger partial charge >= 0.3 is 0 Å². The molecule has 0 atom stereocenters. The first-order chi connectivity index (χ1) is 7.27. The molecule has 1 aliphatic rings. The molecule has 0 saturated heterocycles. The van der Waals surface area contributed by atoms with Crippen LogP contribution in [-0.2, 0) is 4.79 Å². The van der Waals surface area contributed by atoms with E-state index in [-0.39, 0.29) is 0 Å². The number of hydrogen-bond donors (Lipinski definition) is 0. The van der Waals surface area contributed by atoms with Crippen molar-refractivity contribution in [1.82, 2.24) is 0 Å². The Hall–Kier alpha value is -0.330. The van der Waals surface area contributed by atoms with Gasteiger partial charge < -0.3 is 0 Å².